The van der Waals surface area contributed by atoms with Crippen LogP contribution in [-0.4, -0.2) is 18.1 Å². The molecule has 18 heavy (non-hydrogen) atoms. The van der Waals surface area contributed by atoms with E-state index in [9.17, 15) is 9.46 Å². The van der Waals surface area contributed by atoms with Crippen LogP contribution in [0, 0.1) is 0 Å². The average Bonchev–Trinajstić information content (AvgIpc) is 2.28. The number of phosphoric ester groups is 1. The van der Waals surface area contributed by atoms with Gasteiger partial charge in [-0.15, -0.1) is 0 Å². The minimum atomic E-state index is -3.78. The summed E-state index contributed by atoms with van der Waals surface area (Å²) in [5, 5.41) is 0. The third-order valence-electron chi connectivity index (χ3n) is 2.50. The van der Waals surface area contributed by atoms with Crippen LogP contribution in [-0.2, 0) is 33.1 Å². The molecule has 0 aliphatic carbocycles. The van der Waals surface area contributed by atoms with Gasteiger partial charge >= 0.3 is 7.82 Å². The number of hydrogen-bond acceptors (Lipinski definition) is 3. The Balaban J connectivity index is 0. The van der Waals surface area contributed by atoms with Gasteiger partial charge in [0.05, 0.1) is 13.2 Å². The molecule has 0 bridgehead atoms. The van der Waals surface area contributed by atoms with Gasteiger partial charge in [-0.3, -0.25) is 9.05 Å². The molecule has 0 heterocycles. The van der Waals surface area contributed by atoms with E-state index >= 15 is 0 Å². The van der Waals surface area contributed by atoms with Crippen molar-refractivity contribution < 1.29 is 38.0 Å². The molecule has 6 heteroatoms. The molecule has 0 aromatic carbocycles. The molecular formula is C12H27O4PZn. The molecule has 0 amide bonds. The Hall–Kier alpha value is 0.733. The predicted molar refractivity (Wildman–Crippen MR) is 70.0 cm³/mol. The molecule has 1 atom stereocenters. The van der Waals surface area contributed by atoms with Crippen LogP contribution in [0.4, 0.5) is 0 Å². The molecule has 0 aromatic rings. The Bertz CT molecular complexity index is 214. The van der Waals surface area contributed by atoms with Crippen LogP contribution >= 0.6 is 7.82 Å². The molecule has 106 valence electrons. The molecule has 0 radical (unpaired) electrons. The first-order valence-corrected chi connectivity index (χ1v) is 8.23. The summed E-state index contributed by atoms with van der Waals surface area (Å²) >= 11 is 0. The molecule has 0 spiro atoms. The monoisotopic (exact) mass is 330 g/mol. The topological polar surface area (TPSA) is 55.8 Å². The number of phosphoric acid groups is 1. The third-order valence-corrected chi connectivity index (χ3v) is 3.52. The van der Waals surface area contributed by atoms with Crippen molar-refractivity contribution >= 4 is 7.82 Å². The van der Waals surface area contributed by atoms with Crippen LogP contribution in [0.3, 0.4) is 0 Å². The van der Waals surface area contributed by atoms with Crippen molar-refractivity contribution in [1.29, 1.82) is 0 Å². The molecule has 0 saturated carbocycles. The van der Waals surface area contributed by atoms with Crippen LogP contribution in [0.25, 0.3) is 0 Å². The van der Waals surface area contributed by atoms with Crippen molar-refractivity contribution in [1.82, 2.24) is 0 Å². The average molecular weight is 332 g/mol. The largest absolute Gasteiger partial charge is 0.472 e. The van der Waals surface area contributed by atoms with Gasteiger partial charge in [0.2, 0.25) is 0 Å². The van der Waals surface area contributed by atoms with Gasteiger partial charge in [-0.2, -0.15) is 0 Å². The maximum Gasteiger partial charge on any atom is 0.472 e. The summed E-state index contributed by atoms with van der Waals surface area (Å²) in [7, 11) is -3.78. The summed E-state index contributed by atoms with van der Waals surface area (Å²) in [6.45, 7) is 4.79. The number of hydrogen-bond donors (Lipinski definition) is 1. The van der Waals surface area contributed by atoms with Gasteiger partial charge in [-0.25, -0.2) is 4.57 Å². The van der Waals surface area contributed by atoms with E-state index in [-0.39, 0.29) is 19.5 Å². The Morgan fingerprint density at radius 2 is 1.28 bits per heavy atom. The molecule has 1 unspecified atom stereocenters. The quantitative estimate of drug-likeness (QED) is 0.329. The molecule has 0 fully saturated rings. The van der Waals surface area contributed by atoms with Crippen LogP contribution < -0.4 is 0 Å². The van der Waals surface area contributed by atoms with Crippen LogP contribution in [0.5, 0.6) is 0 Å². The molecule has 0 aliphatic rings. The van der Waals surface area contributed by atoms with E-state index in [0.29, 0.717) is 13.2 Å². The van der Waals surface area contributed by atoms with Crippen molar-refractivity contribution in [2.45, 2.75) is 65.2 Å². The SMILES string of the molecule is CCCCCCCCOP(=O)(O)OCCCC.[Zn]. The Morgan fingerprint density at radius 1 is 0.833 bits per heavy atom. The fourth-order valence-electron chi connectivity index (χ4n) is 1.42. The summed E-state index contributed by atoms with van der Waals surface area (Å²) in [4.78, 5) is 9.29. The van der Waals surface area contributed by atoms with E-state index in [2.05, 4.69) is 6.92 Å². The zero-order chi connectivity index (χ0) is 13.0. The first kappa shape index (κ1) is 21.0. The van der Waals surface area contributed by atoms with Gasteiger partial charge < -0.3 is 4.89 Å². The van der Waals surface area contributed by atoms with E-state index in [1.165, 1.54) is 25.7 Å². The predicted octanol–water partition coefficient (Wildman–Crippen LogP) is 4.28. The molecular weight excluding hydrogens is 304 g/mol. The first-order valence-electron chi connectivity index (χ1n) is 6.74. The first-order chi connectivity index (χ1) is 8.12. The van der Waals surface area contributed by atoms with Crippen LogP contribution in [0.15, 0.2) is 0 Å². The Morgan fingerprint density at radius 3 is 1.83 bits per heavy atom. The molecule has 4 nitrogen and oxygen atoms in total. The standard InChI is InChI=1S/C12H27O4P.Zn/c1-3-5-7-8-9-10-12-16-17(13,14)15-11-6-4-2;/h3-12H2,1-2H3,(H,13,14);. The summed E-state index contributed by atoms with van der Waals surface area (Å²) in [6, 6.07) is 0. The minimum Gasteiger partial charge on any atom is -0.302 e. The smallest absolute Gasteiger partial charge is 0.302 e. The van der Waals surface area contributed by atoms with Crippen LogP contribution in [0.2, 0.25) is 0 Å². The van der Waals surface area contributed by atoms with Crippen molar-refractivity contribution in [2.75, 3.05) is 13.2 Å². The second-order valence-electron chi connectivity index (χ2n) is 4.26. The number of unbranched alkanes of at least 4 members (excludes halogenated alkanes) is 6. The molecule has 0 rings (SSSR count). The molecule has 0 aliphatic heterocycles. The van der Waals surface area contributed by atoms with Gasteiger partial charge in [0.1, 0.15) is 0 Å². The fourth-order valence-corrected chi connectivity index (χ4v) is 2.22. The van der Waals surface area contributed by atoms with Gasteiger partial charge in [-0.1, -0.05) is 52.4 Å². The molecule has 0 aromatic heterocycles. The van der Waals surface area contributed by atoms with E-state index < -0.39 is 7.82 Å². The van der Waals surface area contributed by atoms with Crippen LogP contribution in [0.1, 0.15) is 65.2 Å². The normalized spacial score (nSPS) is 13.9. The van der Waals surface area contributed by atoms with Crippen molar-refractivity contribution in [3.8, 4) is 0 Å². The summed E-state index contributed by atoms with van der Waals surface area (Å²) < 4.78 is 21.0. The van der Waals surface area contributed by atoms with Gasteiger partial charge in [0.25, 0.3) is 0 Å². The zero-order valence-corrected chi connectivity index (χ0v) is 15.8. The maximum absolute atomic E-state index is 11.3. The van der Waals surface area contributed by atoms with E-state index in [1.807, 2.05) is 6.92 Å². The van der Waals surface area contributed by atoms with Crippen molar-refractivity contribution in [3.05, 3.63) is 0 Å². The minimum absolute atomic E-state index is 0. The summed E-state index contributed by atoms with van der Waals surface area (Å²) in [6.07, 6.45) is 8.50. The van der Waals surface area contributed by atoms with E-state index in [4.69, 9.17) is 9.05 Å². The van der Waals surface area contributed by atoms with Crippen molar-refractivity contribution in [2.24, 2.45) is 0 Å². The second kappa shape index (κ2) is 14.1. The third kappa shape index (κ3) is 14.8. The fraction of sp³-hybridized carbons (Fsp3) is 1.00. The molecule has 0 saturated heterocycles. The number of rotatable bonds is 12. The summed E-state index contributed by atoms with van der Waals surface area (Å²) in [5.74, 6) is 0. The van der Waals surface area contributed by atoms with E-state index in [0.717, 1.165) is 25.7 Å². The van der Waals surface area contributed by atoms with E-state index in [1.54, 1.807) is 0 Å². The Labute approximate surface area is 124 Å². The van der Waals surface area contributed by atoms with Crippen molar-refractivity contribution in [3.63, 3.8) is 0 Å². The second-order valence-corrected chi connectivity index (χ2v) is 5.71. The van der Waals surface area contributed by atoms with Gasteiger partial charge in [-0.05, 0) is 12.8 Å². The zero-order valence-electron chi connectivity index (χ0n) is 11.9. The Kier molecular flexibility index (Phi) is 16.5. The summed E-state index contributed by atoms with van der Waals surface area (Å²) in [5.41, 5.74) is 0. The molecule has 1 N–H and O–H groups in total. The van der Waals surface area contributed by atoms with Gasteiger partial charge in [0, 0.05) is 19.5 Å². The van der Waals surface area contributed by atoms with Gasteiger partial charge in [0.15, 0.2) is 0 Å². The maximum atomic E-state index is 11.3.